The van der Waals surface area contributed by atoms with Crippen LogP contribution < -0.4 is 19.9 Å². The van der Waals surface area contributed by atoms with Crippen molar-refractivity contribution in [3.8, 4) is 79.5 Å². The molecular formula is C40H31Cl3N4O6. The minimum absolute atomic E-state index is 0.126. The number of aromatic hydroxyl groups is 2. The summed E-state index contributed by atoms with van der Waals surface area (Å²) in [7, 11) is 4.64. The Morgan fingerprint density at radius 1 is 0.679 bits per heavy atom. The van der Waals surface area contributed by atoms with Crippen molar-refractivity contribution in [3.63, 3.8) is 0 Å². The number of phenolic OH excluding ortho intramolecular Hbond substituents is 2. The fraction of sp³-hybridized carbons (Fsp3) is 0.0750. The topological polar surface area (TPSA) is 163 Å². The van der Waals surface area contributed by atoms with Gasteiger partial charge in [0.2, 0.25) is 5.88 Å². The average Bonchev–Trinajstić information content (AvgIpc) is 3.17. The molecule has 0 spiro atoms. The highest BCUT2D eigenvalue weighted by molar-refractivity contribution is 6.32. The normalized spacial score (nSPS) is 10.8. The summed E-state index contributed by atoms with van der Waals surface area (Å²) in [6, 6.07) is 29.4. The third kappa shape index (κ3) is 8.51. The Morgan fingerprint density at radius 3 is 1.77 bits per heavy atom. The fourth-order valence-corrected chi connectivity index (χ4v) is 6.24. The van der Waals surface area contributed by atoms with Crippen molar-refractivity contribution in [2.24, 2.45) is 10.9 Å². The van der Waals surface area contributed by atoms with Crippen LogP contribution in [0.4, 0.5) is 0 Å². The second-order valence-electron chi connectivity index (χ2n) is 11.2. The largest absolute Gasteiger partial charge is 0.508 e. The van der Waals surface area contributed by atoms with E-state index in [2.05, 4.69) is 16.2 Å². The summed E-state index contributed by atoms with van der Waals surface area (Å²) in [6.45, 7) is 0. The monoisotopic (exact) mass is 768 g/mol. The van der Waals surface area contributed by atoms with E-state index in [9.17, 15) is 20.7 Å². The summed E-state index contributed by atoms with van der Waals surface area (Å²) < 4.78 is 16.2. The molecule has 0 aliphatic rings. The van der Waals surface area contributed by atoms with Crippen LogP contribution in [0.25, 0.3) is 44.5 Å². The number of nitriles is 1. The predicted octanol–water partition coefficient (Wildman–Crippen LogP) is 9.80. The molecule has 0 atom stereocenters. The maximum Gasteiger partial charge on any atom is 0.221 e. The molecule has 268 valence electrons. The summed E-state index contributed by atoms with van der Waals surface area (Å²) in [5.74, 6) is 1.72. The molecule has 0 aliphatic heterocycles. The third-order valence-corrected chi connectivity index (χ3v) is 8.67. The quantitative estimate of drug-likeness (QED) is 0.0511. The first kappa shape index (κ1) is 38.1. The van der Waals surface area contributed by atoms with Gasteiger partial charge in [-0.25, -0.2) is 4.98 Å². The molecule has 0 bridgehead atoms. The van der Waals surface area contributed by atoms with Crippen molar-refractivity contribution in [2.45, 2.75) is 0 Å². The zero-order chi connectivity index (χ0) is 38.2. The van der Waals surface area contributed by atoms with E-state index in [4.69, 9.17) is 54.7 Å². The average molecular weight is 770 g/mol. The molecule has 5 aromatic carbocycles. The molecule has 0 radical (unpaired) electrons. The van der Waals surface area contributed by atoms with Crippen molar-refractivity contribution in [2.75, 3.05) is 21.3 Å². The molecule has 6 rings (SSSR count). The van der Waals surface area contributed by atoms with Crippen molar-refractivity contribution in [1.82, 2.24) is 4.98 Å². The number of oxime groups is 1. The van der Waals surface area contributed by atoms with Gasteiger partial charge < -0.3 is 35.4 Å². The van der Waals surface area contributed by atoms with Gasteiger partial charge in [-0.3, -0.25) is 0 Å². The third-order valence-electron chi connectivity index (χ3n) is 8.03. The Kier molecular flexibility index (Phi) is 12.2. The van der Waals surface area contributed by atoms with E-state index in [0.29, 0.717) is 65.8 Å². The lowest BCUT2D eigenvalue weighted by atomic mass is 9.90. The molecule has 0 unspecified atom stereocenters. The Bertz CT molecular complexity index is 2340. The SMILES string of the molecule is COc1ccc(-c2c(C#N)cc(Cl)cc2-c2ccc(O)cc2)c(OC)c1.COc1ncc(Cl)cc1-c1c(C(N)=NO)cc(Cl)cc1-c1ccc(O)cc1. The number of pyridine rings is 1. The van der Waals surface area contributed by atoms with Crippen molar-refractivity contribution >= 4 is 40.6 Å². The molecule has 0 aliphatic carbocycles. The Labute approximate surface area is 320 Å². The first-order valence-electron chi connectivity index (χ1n) is 15.6. The molecule has 0 fully saturated rings. The number of rotatable bonds is 8. The molecule has 0 saturated heterocycles. The molecule has 1 heterocycles. The van der Waals surface area contributed by atoms with Gasteiger partial charge in [0, 0.05) is 50.1 Å². The Morgan fingerprint density at radius 2 is 1.25 bits per heavy atom. The number of aromatic nitrogens is 1. The molecule has 1 aromatic heterocycles. The first-order chi connectivity index (χ1) is 25.5. The van der Waals surface area contributed by atoms with E-state index >= 15 is 0 Å². The van der Waals surface area contributed by atoms with Gasteiger partial charge in [-0.2, -0.15) is 5.26 Å². The number of hydrogen-bond donors (Lipinski definition) is 4. The van der Waals surface area contributed by atoms with Crippen LogP contribution in [0.2, 0.25) is 15.1 Å². The second kappa shape index (κ2) is 16.9. The number of halogens is 3. The molecule has 13 heteroatoms. The van der Waals surface area contributed by atoms with Gasteiger partial charge in [0.05, 0.1) is 38.0 Å². The van der Waals surface area contributed by atoms with Crippen molar-refractivity contribution < 1.29 is 29.6 Å². The molecule has 10 nitrogen and oxygen atoms in total. The number of nitrogens with two attached hydrogens (primary N) is 1. The van der Waals surface area contributed by atoms with Crippen LogP contribution in [0.15, 0.2) is 108 Å². The lowest BCUT2D eigenvalue weighted by Gasteiger charge is -2.18. The predicted molar refractivity (Wildman–Crippen MR) is 208 cm³/mol. The van der Waals surface area contributed by atoms with Gasteiger partial charge in [-0.05, 0) is 89.0 Å². The highest BCUT2D eigenvalue weighted by Crippen LogP contribution is 2.44. The van der Waals surface area contributed by atoms with Crippen LogP contribution in [0, 0.1) is 11.3 Å². The fourth-order valence-electron chi connectivity index (χ4n) is 5.65. The van der Waals surface area contributed by atoms with E-state index in [1.54, 1.807) is 99.1 Å². The van der Waals surface area contributed by atoms with Gasteiger partial charge in [-0.15, -0.1) is 0 Å². The van der Waals surface area contributed by atoms with Gasteiger partial charge in [0.15, 0.2) is 5.84 Å². The van der Waals surface area contributed by atoms with Crippen molar-refractivity contribution in [1.29, 1.82) is 5.26 Å². The molecule has 6 aromatic rings. The maximum atomic E-state index is 9.67. The summed E-state index contributed by atoms with van der Waals surface area (Å²) in [6.07, 6.45) is 1.46. The number of nitrogens with zero attached hydrogens (tertiary/aromatic N) is 3. The van der Waals surface area contributed by atoms with Crippen LogP contribution in [0.3, 0.4) is 0 Å². The first-order valence-corrected chi connectivity index (χ1v) is 16.7. The van der Waals surface area contributed by atoms with Crippen LogP contribution in [0.5, 0.6) is 28.9 Å². The number of methoxy groups -OCH3 is 3. The molecule has 5 N–H and O–H groups in total. The molecule has 0 saturated carbocycles. The minimum Gasteiger partial charge on any atom is -0.508 e. The highest BCUT2D eigenvalue weighted by atomic mass is 35.5. The van der Waals surface area contributed by atoms with E-state index in [0.717, 1.165) is 22.3 Å². The van der Waals surface area contributed by atoms with Gasteiger partial charge in [0.1, 0.15) is 23.0 Å². The number of phenols is 2. The molecular weight excluding hydrogens is 739 g/mol. The number of amidine groups is 1. The molecule has 0 amide bonds. The standard InChI is InChI=1S/C21H16ClNO3.C19H15Cl2N3O3/c1-25-17-7-8-18(20(11-17)26-2)21-14(12-23)9-15(22)10-19(21)13-3-5-16(24)6-4-13;1-27-19-16(8-12(21)9-23-19)17-14(10-2-4-13(25)5-3-10)6-11(20)7-15(17)18(22)24-26/h3-11,24H,1-2H3;2-9,25-26H,1H3,(H2,22,24). The van der Waals surface area contributed by atoms with Crippen LogP contribution in [0.1, 0.15) is 11.1 Å². The highest BCUT2D eigenvalue weighted by Gasteiger charge is 2.22. The van der Waals surface area contributed by atoms with E-state index in [1.165, 1.54) is 13.3 Å². The van der Waals surface area contributed by atoms with E-state index in [1.807, 2.05) is 12.1 Å². The lowest BCUT2D eigenvalue weighted by molar-refractivity contribution is 0.318. The summed E-state index contributed by atoms with van der Waals surface area (Å²) in [5.41, 5.74) is 12.3. The zero-order valence-corrected chi connectivity index (χ0v) is 30.7. The number of benzene rings is 5. The molecule has 53 heavy (non-hydrogen) atoms. The Balaban J connectivity index is 0.000000204. The van der Waals surface area contributed by atoms with E-state index in [-0.39, 0.29) is 17.3 Å². The lowest BCUT2D eigenvalue weighted by Crippen LogP contribution is -2.15. The Hall–Kier alpha value is -6.12. The summed E-state index contributed by atoms with van der Waals surface area (Å²) in [5, 5.41) is 42.4. The minimum atomic E-state index is -0.130. The number of hydrogen-bond acceptors (Lipinski definition) is 9. The summed E-state index contributed by atoms with van der Waals surface area (Å²) >= 11 is 18.7. The van der Waals surface area contributed by atoms with Crippen LogP contribution in [-0.2, 0) is 0 Å². The van der Waals surface area contributed by atoms with Crippen LogP contribution in [-0.4, -0.2) is 47.6 Å². The van der Waals surface area contributed by atoms with E-state index < -0.39 is 0 Å². The van der Waals surface area contributed by atoms with Gasteiger partial charge in [0.25, 0.3) is 0 Å². The smallest absolute Gasteiger partial charge is 0.221 e. The van der Waals surface area contributed by atoms with Gasteiger partial charge in [-0.1, -0.05) is 64.2 Å². The summed E-state index contributed by atoms with van der Waals surface area (Å²) in [4.78, 5) is 4.20. The maximum absolute atomic E-state index is 9.67. The van der Waals surface area contributed by atoms with Crippen molar-refractivity contribution in [3.05, 3.63) is 129 Å². The zero-order valence-electron chi connectivity index (χ0n) is 28.4. The van der Waals surface area contributed by atoms with Gasteiger partial charge >= 0.3 is 0 Å². The van der Waals surface area contributed by atoms with Crippen LogP contribution >= 0.6 is 34.8 Å². The second-order valence-corrected chi connectivity index (χ2v) is 12.5. The number of ether oxygens (including phenoxy) is 3.